The van der Waals surface area contributed by atoms with Gasteiger partial charge in [0.2, 0.25) is 11.8 Å². The van der Waals surface area contributed by atoms with Gasteiger partial charge in [0.1, 0.15) is 48.8 Å². The minimum atomic E-state index is -1.53. The molecule has 0 aromatic heterocycles. The van der Waals surface area contributed by atoms with Gasteiger partial charge in [-0.2, -0.15) is 0 Å². The maximum atomic E-state index is 12.3. The van der Waals surface area contributed by atoms with Crippen LogP contribution in [-0.2, 0) is 33.3 Å². The first-order valence-electron chi connectivity index (χ1n) is 15.8. The van der Waals surface area contributed by atoms with Crippen LogP contribution in [-0.4, -0.2) is 159 Å². The van der Waals surface area contributed by atoms with Gasteiger partial charge in [-0.25, -0.2) is 0 Å². The number of carbonyl (C=O) groups is 3. The van der Waals surface area contributed by atoms with Crippen molar-refractivity contribution in [2.45, 2.75) is 132 Å². The normalized spacial score (nSPS) is 32.1. The molecule has 268 valence electrons. The minimum Gasteiger partial charge on any atom is -0.394 e. The number of amides is 2. The topological polar surface area (TPSA) is 274 Å². The molecule has 10 N–H and O–H groups in total. The van der Waals surface area contributed by atoms with E-state index < -0.39 is 80.7 Å². The molecule has 17 heteroatoms. The molecule has 2 aliphatic heterocycles. The third kappa shape index (κ3) is 13.0. The Bertz CT molecular complexity index is 910. The fourth-order valence-corrected chi connectivity index (χ4v) is 5.02. The summed E-state index contributed by atoms with van der Waals surface area (Å²) < 4.78 is 21.3. The van der Waals surface area contributed by atoms with Gasteiger partial charge in [-0.15, -0.1) is 0 Å². The van der Waals surface area contributed by atoms with Crippen molar-refractivity contribution in [1.82, 2.24) is 10.6 Å². The Kier molecular flexibility index (Phi) is 18.6. The molecule has 2 heterocycles. The van der Waals surface area contributed by atoms with Gasteiger partial charge in [-0.05, 0) is 51.9 Å². The van der Waals surface area contributed by atoms with Crippen molar-refractivity contribution in [3.05, 3.63) is 0 Å². The van der Waals surface area contributed by atoms with E-state index in [4.69, 9.17) is 18.9 Å². The second-order valence-corrected chi connectivity index (χ2v) is 11.6. The lowest BCUT2D eigenvalue weighted by molar-refractivity contribution is -0.301. The van der Waals surface area contributed by atoms with Crippen molar-refractivity contribution in [2.75, 3.05) is 33.0 Å². The predicted molar refractivity (Wildman–Crippen MR) is 157 cm³/mol. The maximum Gasteiger partial charge on any atom is 0.220 e. The molecule has 2 aliphatic rings. The molecule has 2 rings (SSSR count). The Morgan fingerprint density at radius 3 is 1.59 bits per heavy atom. The van der Waals surface area contributed by atoms with Crippen LogP contribution in [0.15, 0.2) is 0 Å². The largest absolute Gasteiger partial charge is 0.394 e. The van der Waals surface area contributed by atoms with Crippen molar-refractivity contribution in [3.8, 4) is 0 Å². The van der Waals surface area contributed by atoms with Gasteiger partial charge in [0.25, 0.3) is 0 Å². The van der Waals surface area contributed by atoms with E-state index in [2.05, 4.69) is 10.6 Å². The second kappa shape index (κ2) is 21.2. The van der Waals surface area contributed by atoms with Crippen LogP contribution in [0.1, 0.15) is 64.7 Å². The van der Waals surface area contributed by atoms with E-state index in [0.29, 0.717) is 51.5 Å². The van der Waals surface area contributed by atoms with Crippen molar-refractivity contribution < 1.29 is 74.2 Å². The third-order valence-corrected chi connectivity index (χ3v) is 7.93. The molecule has 0 aromatic rings. The van der Waals surface area contributed by atoms with E-state index in [1.165, 1.54) is 6.92 Å². The number of aliphatic hydroxyl groups is 8. The number of unbranched alkanes of at least 4 members (excludes halogenated alkanes) is 3. The van der Waals surface area contributed by atoms with Crippen LogP contribution in [0, 0.1) is 0 Å². The SMILES string of the molecule is CC(=O)C(CCCCNC(=O)CCCCO[C@H]1OC(CO)C(O)C(O)C1O)NC(=O)CCCCOC1OC(CO)C(O)C(O)C1O. The molecule has 2 saturated heterocycles. The highest BCUT2D eigenvalue weighted by molar-refractivity contribution is 5.87. The molecule has 2 fully saturated rings. The van der Waals surface area contributed by atoms with Gasteiger partial charge in [-0.1, -0.05) is 0 Å². The molecule has 11 atom stereocenters. The molecule has 0 aromatic carbocycles. The van der Waals surface area contributed by atoms with Crippen molar-refractivity contribution >= 4 is 17.6 Å². The lowest BCUT2D eigenvalue weighted by Crippen LogP contribution is -2.59. The predicted octanol–water partition coefficient (Wildman–Crippen LogP) is -3.68. The molecule has 2 amide bonds. The highest BCUT2D eigenvalue weighted by Gasteiger charge is 2.45. The first-order chi connectivity index (χ1) is 21.9. The Morgan fingerprint density at radius 1 is 0.652 bits per heavy atom. The second-order valence-electron chi connectivity index (χ2n) is 11.6. The Morgan fingerprint density at radius 2 is 1.13 bits per heavy atom. The van der Waals surface area contributed by atoms with Gasteiger partial charge < -0.3 is 70.4 Å². The summed E-state index contributed by atoms with van der Waals surface area (Å²) in [5.74, 6) is -0.661. The summed E-state index contributed by atoms with van der Waals surface area (Å²) in [6.45, 7) is 0.898. The Balaban J connectivity index is 1.52. The monoisotopic (exact) mass is 668 g/mol. The number of carbonyl (C=O) groups excluding carboxylic acids is 3. The summed E-state index contributed by atoms with van der Waals surface area (Å²) in [6.07, 6.45) is -9.77. The molecular weight excluding hydrogens is 616 g/mol. The molecule has 0 spiro atoms. The highest BCUT2D eigenvalue weighted by Crippen LogP contribution is 2.23. The number of aliphatic hydroxyl groups excluding tert-OH is 8. The number of rotatable bonds is 21. The summed E-state index contributed by atoms with van der Waals surface area (Å²) in [5, 5.41) is 83.1. The van der Waals surface area contributed by atoms with Crippen molar-refractivity contribution in [3.63, 3.8) is 0 Å². The van der Waals surface area contributed by atoms with Gasteiger partial charge in [0.15, 0.2) is 18.4 Å². The van der Waals surface area contributed by atoms with Crippen LogP contribution in [0.3, 0.4) is 0 Å². The smallest absolute Gasteiger partial charge is 0.220 e. The van der Waals surface area contributed by atoms with Crippen LogP contribution in [0.5, 0.6) is 0 Å². The van der Waals surface area contributed by atoms with Crippen molar-refractivity contribution in [1.29, 1.82) is 0 Å². The van der Waals surface area contributed by atoms with Crippen LogP contribution >= 0.6 is 0 Å². The Labute approximate surface area is 267 Å². The quantitative estimate of drug-likeness (QED) is 0.0528. The van der Waals surface area contributed by atoms with Gasteiger partial charge in [0.05, 0.1) is 19.3 Å². The molecule has 0 bridgehead atoms. The highest BCUT2D eigenvalue weighted by atomic mass is 16.7. The molecule has 46 heavy (non-hydrogen) atoms. The maximum absolute atomic E-state index is 12.3. The van der Waals surface area contributed by atoms with Gasteiger partial charge in [0, 0.05) is 32.6 Å². The molecule has 17 nitrogen and oxygen atoms in total. The number of hydrogen-bond donors (Lipinski definition) is 10. The summed E-state index contributed by atoms with van der Waals surface area (Å²) in [7, 11) is 0. The number of hydrogen-bond acceptors (Lipinski definition) is 15. The van der Waals surface area contributed by atoms with E-state index in [9.17, 15) is 55.2 Å². The van der Waals surface area contributed by atoms with Crippen LogP contribution < -0.4 is 10.6 Å². The van der Waals surface area contributed by atoms with Crippen LogP contribution in [0.4, 0.5) is 0 Å². The lowest BCUT2D eigenvalue weighted by Gasteiger charge is -2.39. The number of nitrogens with one attached hydrogen (secondary N) is 2. The van der Waals surface area contributed by atoms with Crippen LogP contribution in [0.25, 0.3) is 0 Å². The summed E-state index contributed by atoms with van der Waals surface area (Å²) in [5.41, 5.74) is 0. The third-order valence-electron chi connectivity index (χ3n) is 7.93. The minimum absolute atomic E-state index is 0.0910. The van der Waals surface area contributed by atoms with Crippen LogP contribution in [0.2, 0.25) is 0 Å². The average molecular weight is 669 g/mol. The van der Waals surface area contributed by atoms with E-state index in [0.717, 1.165) is 0 Å². The van der Waals surface area contributed by atoms with Crippen molar-refractivity contribution in [2.24, 2.45) is 0 Å². The molecular formula is C29H52N2O15. The van der Waals surface area contributed by atoms with Gasteiger partial charge in [-0.3, -0.25) is 14.4 Å². The summed E-state index contributed by atoms with van der Waals surface area (Å²) >= 11 is 0. The zero-order chi connectivity index (χ0) is 34.2. The lowest BCUT2D eigenvalue weighted by atomic mass is 9.99. The summed E-state index contributed by atoms with van der Waals surface area (Å²) in [4.78, 5) is 36.5. The zero-order valence-corrected chi connectivity index (χ0v) is 26.2. The molecule has 0 aliphatic carbocycles. The van der Waals surface area contributed by atoms with E-state index in [-0.39, 0.29) is 43.7 Å². The number of ketones is 1. The van der Waals surface area contributed by atoms with E-state index >= 15 is 0 Å². The average Bonchev–Trinajstić information content (AvgIpc) is 3.03. The first-order valence-corrected chi connectivity index (χ1v) is 15.8. The first kappa shape index (κ1) is 40.3. The summed E-state index contributed by atoms with van der Waals surface area (Å²) in [6, 6.07) is -0.655. The van der Waals surface area contributed by atoms with Gasteiger partial charge >= 0.3 is 0 Å². The van der Waals surface area contributed by atoms with E-state index in [1.54, 1.807) is 0 Å². The molecule has 0 saturated carbocycles. The zero-order valence-electron chi connectivity index (χ0n) is 26.2. The fourth-order valence-electron chi connectivity index (χ4n) is 5.02. The standard InChI is InChI=1S/C29H52N2O15/c1-16(34)17(31-21(36)10-4-7-13-44-29-27(42)25(40)23(38)19(15-33)46-29)8-2-5-11-30-20(35)9-3-6-12-43-28-26(41)24(39)22(37)18(14-32)45-28/h17-19,22-29,32-33,37-42H,2-15H2,1H3,(H,30,35)(H,31,36)/t17?,18?,19?,22?,23?,24?,25?,26?,27?,28-,29?/m0/s1. The number of Topliss-reactive ketones (excluding diaryl/α,β-unsaturated/α-hetero) is 1. The molecule has 0 radical (unpaired) electrons. The number of ether oxygens (including phenoxy) is 4. The Hall–Kier alpha value is -1.87. The fraction of sp³-hybridized carbons (Fsp3) is 0.897. The van der Waals surface area contributed by atoms with E-state index in [1.807, 2.05) is 0 Å². The molecule has 10 unspecified atom stereocenters.